The average molecular weight is 330 g/mol. The summed E-state index contributed by atoms with van der Waals surface area (Å²) < 4.78 is 0. The number of carbonyl (C=O) groups excluding carboxylic acids is 1. The zero-order valence-electron chi connectivity index (χ0n) is 13.0. The maximum Gasteiger partial charge on any atom is 0.269 e. The number of benzene rings is 2. The number of nitrogens with zero attached hydrogens (tertiary/aromatic N) is 1. The van der Waals surface area contributed by atoms with Crippen LogP contribution in [-0.2, 0) is 4.79 Å². The Labute approximate surface area is 139 Å². The van der Waals surface area contributed by atoms with Gasteiger partial charge in [-0.05, 0) is 31.5 Å². The maximum absolute atomic E-state index is 12.0. The van der Waals surface area contributed by atoms with Crippen LogP contribution in [-0.4, -0.2) is 16.6 Å². The summed E-state index contributed by atoms with van der Waals surface area (Å²) in [7, 11) is 0. The number of nitrogens with one attached hydrogen (secondary N) is 1. The molecular weight excluding hydrogens is 312 g/mol. The molecule has 0 radical (unpaired) electrons. The van der Waals surface area contributed by atoms with Gasteiger partial charge in [0.05, 0.1) is 10.7 Å². The van der Waals surface area contributed by atoms with Crippen LogP contribution in [0.2, 0.25) is 0 Å². The maximum atomic E-state index is 12.0. The molecule has 6 heteroatoms. The van der Waals surface area contributed by atoms with Crippen LogP contribution in [0.4, 0.5) is 11.4 Å². The van der Waals surface area contributed by atoms with Crippen molar-refractivity contribution in [2.24, 2.45) is 0 Å². The average Bonchev–Trinajstić information content (AvgIpc) is 2.55. The highest BCUT2D eigenvalue weighted by atomic mass is 32.2. The highest BCUT2D eigenvalue weighted by molar-refractivity contribution is 8.00. The van der Waals surface area contributed by atoms with Gasteiger partial charge in [-0.3, -0.25) is 14.9 Å². The molecule has 0 heterocycles. The number of hydrogen-bond acceptors (Lipinski definition) is 4. The molecule has 1 amide bonds. The van der Waals surface area contributed by atoms with Crippen molar-refractivity contribution in [3.05, 3.63) is 69.8 Å². The highest BCUT2D eigenvalue weighted by Crippen LogP contribution is 2.30. The Kier molecular flexibility index (Phi) is 5.76. The van der Waals surface area contributed by atoms with Crippen LogP contribution in [0.15, 0.2) is 48.5 Å². The highest BCUT2D eigenvalue weighted by Gasteiger charge is 2.13. The Bertz CT molecular complexity index is 701. The molecule has 0 spiro atoms. The SMILES string of the molecule is Cc1ccc(NC(=O)CS[C@@H](C)c2cccc([N+](=O)[O-])c2)cc1. The minimum absolute atomic E-state index is 0.00123. The molecule has 0 unspecified atom stereocenters. The quantitative estimate of drug-likeness (QED) is 0.632. The van der Waals surface area contributed by atoms with Gasteiger partial charge in [-0.25, -0.2) is 0 Å². The molecule has 0 saturated carbocycles. The smallest absolute Gasteiger partial charge is 0.269 e. The number of thioether (sulfide) groups is 1. The summed E-state index contributed by atoms with van der Waals surface area (Å²) in [6, 6.07) is 14.1. The van der Waals surface area contributed by atoms with E-state index in [1.807, 2.05) is 44.2 Å². The first-order valence-electron chi connectivity index (χ1n) is 7.18. The topological polar surface area (TPSA) is 72.2 Å². The van der Waals surface area contributed by atoms with Crippen molar-refractivity contribution in [3.63, 3.8) is 0 Å². The van der Waals surface area contributed by atoms with E-state index in [4.69, 9.17) is 0 Å². The fraction of sp³-hybridized carbons (Fsp3) is 0.235. The van der Waals surface area contributed by atoms with E-state index in [1.165, 1.54) is 17.8 Å². The van der Waals surface area contributed by atoms with Gasteiger partial charge in [0.25, 0.3) is 5.69 Å². The summed E-state index contributed by atoms with van der Waals surface area (Å²) in [4.78, 5) is 22.4. The molecule has 2 aromatic rings. The number of aryl methyl sites for hydroxylation is 1. The number of anilines is 1. The van der Waals surface area contributed by atoms with Gasteiger partial charge in [0, 0.05) is 23.1 Å². The molecule has 0 aromatic heterocycles. The number of rotatable bonds is 6. The molecule has 0 saturated heterocycles. The Balaban J connectivity index is 1.89. The second-order valence-corrected chi connectivity index (χ2v) is 6.55. The van der Waals surface area contributed by atoms with Crippen molar-refractivity contribution in [1.29, 1.82) is 0 Å². The van der Waals surface area contributed by atoms with Crippen LogP contribution >= 0.6 is 11.8 Å². The Morgan fingerprint density at radius 3 is 2.61 bits per heavy atom. The van der Waals surface area contributed by atoms with Crippen molar-refractivity contribution in [2.45, 2.75) is 19.1 Å². The van der Waals surface area contributed by atoms with E-state index >= 15 is 0 Å². The molecule has 0 fully saturated rings. The summed E-state index contributed by atoms with van der Waals surface area (Å²) in [5, 5.41) is 13.6. The van der Waals surface area contributed by atoms with Crippen LogP contribution < -0.4 is 5.32 Å². The second-order valence-electron chi connectivity index (χ2n) is 5.22. The van der Waals surface area contributed by atoms with Gasteiger partial charge in [0.1, 0.15) is 0 Å². The van der Waals surface area contributed by atoms with E-state index in [1.54, 1.807) is 12.1 Å². The Hall–Kier alpha value is -2.34. The van der Waals surface area contributed by atoms with Crippen LogP contribution in [0.25, 0.3) is 0 Å². The van der Waals surface area contributed by atoms with Gasteiger partial charge in [-0.15, -0.1) is 11.8 Å². The first-order valence-corrected chi connectivity index (χ1v) is 8.23. The van der Waals surface area contributed by atoms with Crippen LogP contribution in [0.3, 0.4) is 0 Å². The first-order chi connectivity index (χ1) is 11.0. The van der Waals surface area contributed by atoms with Crippen LogP contribution in [0, 0.1) is 17.0 Å². The third kappa shape index (κ3) is 5.10. The van der Waals surface area contributed by atoms with E-state index in [-0.39, 0.29) is 22.6 Å². The molecule has 0 aliphatic rings. The van der Waals surface area contributed by atoms with E-state index < -0.39 is 4.92 Å². The zero-order chi connectivity index (χ0) is 16.8. The second kappa shape index (κ2) is 7.78. The van der Waals surface area contributed by atoms with Gasteiger partial charge in [-0.2, -0.15) is 0 Å². The molecular formula is C17H18N2O3S. The number of non-ortho nitro benzene ring substituents is 1. The standard InChI is InChI=1S/C17H18N2O3S/c1-12-6-8-15(9-7-12)18-17(20)11-23-13(2)14-4-3-5-16(10-14)19(21)22/h3-10,13H,11H2,1-2H3,(H,18,20)/t13-/m0/s1. The predicted molar refractivity (Wildman–Crippen MR) is 93.8 cm³/mol. The van der Waals surface area contributed by atoms with E-state index in [0.29, 0.717) is 0 Å². The fourth-order valence-electron chi connectivity index (χ4n) is 2.02. The molecule has 2 rings (SSSR count). The number of carbonyl (C=O) groups is 1. The van der Waals surface area contributed by atoms with E-state index in [9.17, 15) is 14.9 Å². The van der Waals surface area contributed by atoms with Gasteiger partial charge in [0.2, 0.25) is 5.91 Å². The summed E-state index contributed by atoms with van der Waals surface area (Å²) in [5.41, 5.74) is 2.81. The van der Waals surface area contributed by atoms with Crippen molar-refractivity contribution in [2.75, 3.05) is 11.1 Å². The summed E-state index contributed by atoms with van der Waals surface area (Å²) in [5.74, 6) is 0.203. The molecule has 2 aromatic carbocycles. The normalized spacial score (nSPS) is 11.7. The van der Waals surface area contributed by atoms with Gasteiger partial charge in [0.15, 0.2) is 0 Å². The zero-order valence-corrected chi connectivity index (χ0v) is 13.8. The van der Waals surface area contributed by atoms with Crippen LogP contribution in [0.1, 0.15) is 23.3 Å². The third-order valence-corrected chi connectivity index (χ3v) is 4.55. The third-order valence-electron chi connectivity index (χ3n) is 3.35. The summed E-state index contributed by atoms with van der Waals surface area (Å²) in [6.45, 7) is 3.92. The lowest BCUT2D eigenvalue weighted by molar-refractivity contribution is -0.384. The minimum atomic E-state index is -0.412. The van der Waals surface area contributed by atoms with Crippen molar-refractivity contribution in [3.8, 4) is 0 Å². The van der Waals surface area contributed by atoms with Gasteiger partial charge in [-0.1, -0.05) is 29.8 Å². The molecule has 23 heavy (non-hydrogen) atoms. The lowest BCUT2D eigenvalue weighted by Crippen LogP contribution is -2.14. The molecule has 1 atom stereocenters. The van der Waals surface area contributed by atoms with Crippen molar-refractivity contribution in [1.82, 2.24) is 0 Å². The molecule has 0 aliphatic heterocycles. The van der Waals surface area contributed by atoms with Crippen molar-refractivity contribution < 1.29 is 9.72 Å². The van der Waals surface area contributed by atoms with Gasteiger partial charge < -0.3 is 5.32 Å². The monoisotopic (exact) mass is 330 g/mol. The largest absolute Gasteiger partial charge is 0.325 e. The summed E-state index contributed by atoms with van der Waals surface area (Å²) in [6.07, 6.45) is 0. The number of hydrogen-bond donors (Lipinski definition) is 1. The Morgan fingerprint density at radius 1 is 1.26 bits per heavy atom. The molecule has 5 nitrogen and oxygen atoms in total. The lowest BCUT2D eigenvalue weighted by atomic mass is 10.1. The molecule has 1 N–H and O–H groups in total. The molecule has 0 aliphatic carbocycles. The predicted octanol–water partition coefficient (Wildman–Crippen LogP) is 4.34. The number of nitro benzene ring substituents is 1. The van der Waals surface area contributed by atoms with Gasteiger partial charge >= 0.3 is 0 Å². The van der Waals surface area contributed by atoms with E-state index in [2.05, 4.69) is 5.32 Å². The van der Waals surface area contributed by atoms with Crippen LogP contribution in [0.5, 0.6) is 0 Å². The Morgan fingerprint density at radius 2 is 1.96 bits per heavy atom. The number of nitro groups is 1. The number of amides is 1. The minimum Gasteiger partial charge on any atom is -0.325 e. The molecule has 0 bridgehead atoms. The van der Waals surface area contributed by atoms with Crippen molar-refractivity contribution >= 4 is 29.0 Å². The summed E-state index contributed by atoms with van der Waals surface area (Å²) >= 11 is 1.45. The fourth-order valence-corrected chi connectivity index (χ4v) is 2.83. The van der Waals surface area contributed by atoms with E-state index in [0.717, 1.165) is 16.8 Å². The molecule has 120 valence electrons. The lowest BCUT2D eigenvalue weighted by Gasteiger charge is -2.11. The first kappa shape index (κ1) is 17.0.